The fraction of sp³-hybridized carbons (Fsp3) is 0.533. The second-order valence-corrected chi connectivity index (χ2v) is 5.32. The van der Waals surface area contributed by atoms with Gasteiger partial charge in [-0.15, -0.1) is 12.4 Å². The number of amides is 1. The molecule has 0 spiro atoms. The van der Waals surface area contributed by atoms with Crippen LogP contribution in [0.15, 0.2) is 24.3 Å². The number of anilines is 1. The third-order valence-electron chi connectivity index (χ3n) is 3.80. The van der Waals surface area contributed by atoms with Crippen LogP contribution in [0.4, 0.5) is 14.5 Å². The van der Waals surface area contributed by atoms with Crippen molar-refractivity contribution in [3.63, 3.8) is 0 Å². The highest BCUT2D eigenvalue weighted by molar-refractivity contribution is 5.95. The van der Waals surface area contributed by atoms with Gasteiger partial charge in [-0.1, -0.05) is 0 Å². The number of methoxy groups -OCH3 is 1. The molecule has 0 bridgehead atoms. The summed E-state index contributed by atoms with van der Waals surface area (Å²) in [6.45, 7) is -0.983. The van der Waals surface area contributed by atoms with Crippen molar-refractivity contribution in [2.45, 2.75) is 19.5 Å². The van der Waals surface area contributed by atoms with Gasteiger partial charge < -0.3 is 20.1 Å². The Hall–Kier alpha value is -1.44. The fourth-order valence-corrected chi connectivity index (χ4v) is 2.60. The zero-order valence-electron chi connectivity index (χ0n) is 12.8. The molecule has 8 heteroatoms. The molecule has 1 aromatic rings. The van der Waals surface area contributed by atoms with Gasteiger partial charge in [0.15, 0.2) is 0 Å². The number of halogens is 3. The van der Waals surface area contributed by atoms with Gasteiger partial charge in [-0.3, -0.25) is 4.79 Å². The molecule has 0 aliphatic carbocycles. The maximum absolute atomic E-state index is 12.6. The van der Waals surface area contributed by atoms with Gasteiger partial charge in [0, 0.05) is 12.8 Å². The lowest BCUT2D eigenvalue weighted by molar-refractivity contribution is -0.130. The number of rotatable bonds is 6. The summed E-state index contributed by atoms with van der Waals surface area (Å²) >= 11 is 0. The second-order valence-electron chi connectivity index (χ2n) is 5.32. The minimum Gasteiger partial charge on any atom is -0.435 e. The summed E-state index contributed by atoms with van der Waals surface area (Å²) in [6, 6.07) is 5.87. The summed E-state index contributed by atoms with van der Waals surface area (Å²) in [7, 11) is 1.58. The zero-order chi connectivity index (χ0) is 16.0. The van der Waals surface area contributed by atoms with E-state index in [1.807, 2.05) is 0 Å². The Balaban J connectivity index is 0.00000264. The minimum absolute atomic E-state index is 0. The van der Waals surface area contributed by atoms with Crippen molar-refractivity contribution < 1.29 is 23.0 Å². The lowest BCUT2D eigenvalue weighted by Crippen LogP contribution is -2.47. The molecular formula is C15H21ClF2N2O3. The highest BCUT2D eigenvalue weighted by atomic mass is 35.5. The van der Waals surface area contributed by atoms with Crippen LogP contribution in [0.3, 0.4) is 0 Å². The largest absolute Gasteiger partial charge is 0.435 e. The second kappa shape index (κ2) is 9.00. The molecule has 1 fully saturated rings. The Labute approximate surface area is 140 Å². The SMILES string of the molecule is COCC1(C(=O)Nc2ccc(OC(F)F)cc2)CCNCC1.Cl. The summed E-state index contributed by atoms with van der Waals surface area (Å²) in [5, 5.41) is 6.05. The Morgan fingerprint density at radius 1 is 1.30 bits per heavy atom. The van der Waals surface area contributed by atoms with Crippen molar-refractivity contribution in [3.05, 3.63) is 24.3 Å². The van der Waals surface area contributed by atoms with Crippen LogP contribution in [0.1, 0.15) is 12.8 Å². The van der Waals surface area contributed by atoms with E-state index in [2.05, 4.69) is 15.4 Å². The van der Waals surface area contributed by atoms with Gasteiger partial charge in [-0.2, -0.15) is 8.78 Å². The minimum atomic E-state index is -2.86. The molecule has 1 aliphatic rings. The van der Waals surface area contributed by atoms with E-state index in [0.29, 0.717) is 25.1 Å². The van der Waals surface area contributed by atoms with Crippen molar-refractivity contribution in [1.29, 1.82) is 0 Å². The topological polar surface area (TPSA) is 59.6 Å². The first-order valence-electron chi connectivity index (χ1n) is 7.12. The summed E-state index contributed by atoms with van der Waals surface area (Å²) in [6.07, 6.45) is 1.39. The van der Waals surface area contributed by atoms with Crippen LogP contribution in [-0.4, -0.2) is 39.3 Å². The molecule has 0 saturated carbocycles. The molecule has 5 nitrogen and oxygen atoms in total. The molecule has 0 aromatic heterocycles. The van der Waals surface area contributed by atoms with E-state index >= 15 is 0 Å². The number of ether oxygens (including phenoxy) is 2. The molecule has 1 saturated heterocycles. The highest BCUT2D eigenvalue weighted by Gasteiger charge is 2.39. The molecular weight excluding hydrogens is 330 g/mol. The molecule has 2 N–H and O–H groups in total. The lowest BCUT2D eigenvalue weighted by Gasteiger charge is -2.35. The van der Waals surface area contributed by atoms with Gasteiger partial charge >= 0.3 is 6.61 Å². The lowest BCUT2D eigenvalue weighted by atomic mass is 9.78. The number of piperidine rings is 1. The van der Waals surface area contributed by atoms with Crippen LogP contribution in [0.5, 0.6) is 5.75 Å². The number of hydrogen-bond acceptors (Lipinski definition) is 4. The van der Waals surface area contributed by atoms with Crippen LogP contribution in [0.25, 0.3) is 0 Å². The van der Waals surface area contributed by atoms with Crippen molar-refractivity contribution >= 4 is 24.0 Å². The third-order valence-corrected chi connectivity index (χ3v) is 3.80. The summed E-state index contributed by atoms with van der Waals surface area (Å²) < 4.78 is 33.7. The van der Waals surface area contributed by atoms with Crippen molar-refractivity contribution in [2.24, 2.45) is 5.41 Å². The third kappa shape index (κ3) is 5.30. The van der Waals surface area contributed by atoms with Crippen molar-refractivity contribution in [1.82, 2.24) is 5.32 Å². The number of carbonyl (C=O) groups is 1. The molecule has 130 valence electrons. The molecule has 1 aliphatic heterocycles. The van der Waals surface area contributed by atoms with E-state index in [1.54, 1.807) is 7.11 Å². The standard InChI is InChI=1S/C15H20F2N2O3.ClH/c1-21-10-15(6-8-18-9-7-15)13(20)19-11-2-4-12(5-3-11)22-14(16)17;/h2-5,14,18H,6-10H2,1H3,(H,19,20);1H. The van der Waals surface area contributed by atoms with Crippen LogP contribution >= 0.6 is 12.4 Å². The molecule has 0 unspecified atom stereocenters. The number of benzene rings is 1. The first-order valence-corrected chi connectivity index (χ1v) is 7.12. The van der Waals surface area contributed by atoms with Gasteiger partial charge in [0.2, 0.25) is 5.91 Å². The molecule has 1 heterocycles. The highest BCUT2D eigenvalue weighted by Crippen LogP contribution is 2.31. The van der Waals surface area contributed by atoms with E-state index in [1.165, 1.54) is 24.3 Å². The summed E-state index contributed by atoms with van der Waals surface area (Å²) in [5.74, 6) is -0.0557. The predicted octanol–water partition coefficient (Wildman–Crippen LogP) is 2.66. The zero-order valence-corrected chi connectivity index (χ0v) is 13.6. The number of carbonyl (C=O) groups excluding carboxylic acids is 1. The van der Waals surface area contributed by atoms with E-state index in [-0.39, 0.29) is 24.1 Å². The van der Waals surface area contributed by atoms with Gasteiger partial charge in [0.05, 0.1) is 12.0 Å². The normalized spacial score (nSPS) is 16.5. The van der Waals surface area contributed by atoms with Crippen molar-refractivity contribution in [2.75, 3.05) is 32.1 Å². The van der Waals surface area contributed by atoms with Gasteiger partial charge in [0.25, 0.3) is 0 Å². The summed E-state index contributed by atoms with van der Waals surface area (Å²) in [4.78, 5) is 12.6. The first-order chi connectivity index (χ1) is 10.6. The van der Waals surface area contributed by atoms with Crippen LogP contribution in [0, 0.1) is 5.41 Å². The van der Waals surface area contributed by atoms with Crippen LogP contribution in [0.2, 0.25) is 0 Å². The average Bonchev–Trinajstić information content (AvgIpc) is 2.50. The Kier molecular flexibility index (Phi) is 7.67. The van der Waals surface area contributed by atoms with Crippen LogP contribution < -0.4 is 15.4 Å². The van der Waals surface area contributed by atoms with E-state index in [9.17, 15) is 13.6 Å². The number of nitrogens with one attached hydrogen (secondary N) is 2. The quantitative estimate of drug-likeness (QED) is 0.828. The van der Waals surface area contributed by atoms with Crippen LogP contribution in [-0.2, 0) is 9.53 Å². The van der Waals surface area contributed by atoms with Gasteiger partial charge in [-0.25, -0.2) is 0 Å². The Morgan fingerprint density at radius 2 is 1.91 bits per heavy atom. The van der Waals surface area contributed by atoms with E-state index in [4.69, 9.17) is 4.74 Å². The number of hydrogen-bond donors (Lipinski definition) is 2. The number of alkyl halides is 2. The molecule has 23 heavy (non-hydrogen) atoms. The molecule has 0 radical (unpaired) electrons. The smallest absolute Gasteiger partial charge is 0.387 e. The average molecular weight is 351 g/mol. The Bertz CT molecular complexity index is 488. The summed E-state index contributed by atoms with van der Waals surface area (Å²) in [5.41, 5.74) is -0.0151. The fourth-order valence-electron chi connectivity index (χ4n) is 2.60. The maximum Gasteiger partial charge on any atom is 0.387 e. The van der Waals surface area contributed by atoms with Gasteiger partial charge in [-0.05, 0) is 50.2 Å². The molecule has 1 amide bonds. The molecule has 2 rings (SSSR count). The monoisotopic (exact) mass is 350 g/mol. The molecule has 0 atom stereocenters. The van der Waals surface area contributed by atoms with Gasteiger partial charge in [0.1, 0.15) is 5.75 Å². The van der Waals surface area contributed by atoms with E-state index in [0.717, 1.165) is 13.1 Å². The maximum atomic E-state index is 12.6. The van der Waals surface area contributed by atoms with Crippen molar-refractivity contribution in [3.8, 4) is 5.75 Å². The molecule has 1 aromatic carbocycles. The first kappa shape index (κ1) is 19.6. The predicted molar refractivity (Wildman–Crippen MR) is 85.4 cm³/mol. The Morgan fingerprint density at radius 3 is 2.43 bits per heavy atom. The van der Waals surface area contributed by atoms with E-state index < -0.39 is 12.0 Å².